The third kappa shape index (κ3) is 3.76. The number of fused-ring (bicyclic) bond motifs is 1. The molecular formula is C16H16N6O4S3. The Morgan fingerprint density at radius 2 is 2.21 bits per heavy atom. The molecule has 2 amide bonds. The molecule has 0 aliphatic carbocycles. The number of hydrogen-bond acceptors (Lipinski definition) is 9. The summed E-state index contributed by atoms with van der Waals surface area (Å²) in [6.07, 6.45) is 2.97. The van der Waals surface area contributed by atoms with Crippen molar-refractivity contribution in [3.63, 3.8) is 0 Å². The van der Waals surface area contributed by atoms with E-state index >= 15 is 0 Å². The highest BCUT2D eigenvalue weighted by atomic mass is 32.2. The van der Waals surface area contributed by atoms with E-state index in [1.807, 2.05) is 6.92 Å². The summed E-state index contributed by atoms with van der Waals surface area (Å²) >= 11 is 4.28. The van der Waals surface area contributed by atoms with Crippen LogP contribution in [0.15, 0.2) is 28.0 Å². The molecule has 2 aliphatic heterocycles. The minimum atomic E-state index is -1.15. The monoisotopic (exact) mass is 452 g/mol. The van der Waals surface area contributed by atoms with Crippen LogP contribution < -0.4 is 5.32 Å². The molecule has 2 N–H and O–H groups in total. The highest BCUT2D eigenvalue weighted by Gasteiger charge is 2.54. The maximum absolute atomic E-state index is 12.7. The first-order chi connectivity index (χ1) is 13.8. The van der Waals surface area contributed by atoms with Crippen LogP contribution in [-0.2, 0) is 16.6 Å². The topological polar surface area (TPSA) is 130 Å². The fraction of sp³-hybridized carbons (Fsp3) is 0.375. The zero-order chi connectivity index (χ0) is 20.7. The number of rotatable bonds is 6. The second-order valence-corrected chi connectivity index (χ2v) is 9.91. The molecule has 2 aromatic rings. The van der Waals surface area contributed by atoms with Crippen molar-refractivity contribution in [2.45, 2.75) is 22.7 Å². The molecule has 0 bridgehead atoms. The molecule has 4 heterocycles. The quantitative estimate of drug-likeness (QED) is 0.481. The van der Waals surface area contributed by atoms with Crippen LogP contribution in [0.1, 0.15) is 15.4 Å². The third-order valence-electron chi connectivity index (χ3n) is 4.38. The second kappa shape index (κ2) is 7.80. The van der Waals surface area contributed by atoms with E-state index in [-0.39, 0.29) is 5.70 Å². The Labute approximate surface area is 177 Å². The highest BCUT2D eigenvalue weighted by Crippen LogP contribution is 2.41. The van der Waals surface area contributed by atoms with Gasteiger partial charge in [-0.15, -0.1) is 22.0 Å². The van der Waals surface area contributed by atoms with Crippen molar-refractivity contribution in [3.05, 3.63) is 34.2 Å². The van der Waals surface area contributed by atoms with Crippen LogP contribution in [0.4, 0.5) is 0 Å². The standard InChI is InChI=1S/C16H16N6O4S3/c1-7-19-20-16(29-7)28-6-9-5-27-14-10(13(24)22(14)11(9)15(25)26)18-12(23)8-3-17-21(2)4-8/h3-4,10,14H,5-6H2,1-2H3,(H,18,23)(H,25,26)/t10-,14-/m0/s1. The summed E-state index contributed by atoms with van der Waals surface area (Å²) in [5.41, 5.74) is 0.999. The van der Waals surface area contributed by atoms with E-state index in [9.17, 15) is 19.5 Å². The first kappa shape index (κ1) is 19.9. The van der Waals surface area contributed by atoms with E-state index in [1.165, 1.54) is 50.6 Å². The van der Waals surface area contributed by atoms with E-state index in [0.717, 1.165) is 9.35 Å². The number of amides is 2. The van der Waals surface area contributed by atoms with Gasteiger partial charge in [-0.25, -0.2) is 4.79 Å². The van der Waals surface area contributed by atoms with Gasteiger partial charge >= 0.3 is 5.97 Å². The zero-order valence-electron chi connectivity index (χ0n) is 15.4. The van der Waals surface area contributed by atoms with Gasteiger partial charge in [0.25, 0.3) is 11.8 Å². The first-order valence-electron chi connectivity index (χ1n) is 8.47. The van der Waals surface area contributed by atoms with Crippen molar-refractivity contribution in [2.24, 2.45) is 7.05 Å². The molecule has 29 heavy (non-hydrogen) atoms. The van der Waals surface area contributed by atoms with Gasteiger partial charge in [0.1, 0.15) is 22.1 Å². The molecule has 0 spiro atoms. The Hall–Kier alpha value is -2.38. The van der Waals surface area contributed by atoms with Gasteiger partial charge in [0.05, 0.1) is 11.8 Å². The maximum Gasteiger partial charge on any atom is 0.352 e. The Morgan fingerprint density at radius 3 is 2.83 bits per heavy atom. The van der Waals surface area contributed by atoms with Crippen LogP contribution in [0.2, 0.25) is 0 Å². The third-order valence-corrected chi connectivity index (χ3v) is 7.78. The lowest BCUT2D eigenvalue weighted by Gasteiger charge is -2.49. The van der Waals surface area contributed by atoms with Gasteiger partial charge in [-0.1, -0.05) is 23.1 Å². The summed E-state index contributed by atoms with van der Waals surface area (Å²) in [5, 5.41) is 24.7. The Balaban J connectivity index is 1.48. The summed E-state index contributed by atoms with van der Waals surface area (Å²) in [5.74, 6) is -1.12. The van der Waals surface area contributed by atoms with Crippen LogP contribution >= 0.6 is 34.9 Å². The summed E-state index contributed by atoms with van der Waals surface area (Å²) < 4.78 is 2.25. The fourth-order valence-corrected chi connectivity index (χ4v) is 6.34. The molecule has 152 valence electrons. The fourth-order valence-electron chi connectivity index (χ4n) is 3.04. The molecule has 10 nitrogen and oxygen atoms in total. The molecular weight excluding hydrogens is 436 g/mol. The predicted octanol–water partition coefficient (Wildman–Crippen LogP) is 0.725. The van der Waals surface area contributed by atoms with Gasteiger partial charge in [-0.2, -0.15) is 5.10 Å². The maximum atomic E-state index is 12.7. The van der Waals surface area contributed by atoms with E-state index in [4.69, 9.17) is 0 Å². The van der Waals surface area contributed by atoms with Gasteiger partial charge in [0, 0.05) is 24.8 Å². The van der Waals surface area contributed by atoms with E-state index in [1.54, 1.807) is 13.2 Å². The second-order valence-electron chi connectivity index (χ2n) is 6.40. The Kier molecular flexibility index (Phi) is 5.36. The normalized spacial score (nSPS) is 21.0. The smallest absolute Gasteiger partial charge is 0.352 e. The molecule has 0 aromatic carbocycles. The zero-order valence-corrected chi connectivity index (χ0v) is 17.8. The molecule has 0 unspecified atom stereocenters. The van der Waals surface area contributed by atoms with Crippen molar-refractivity contribution in [1.29, 1.82) is 0 Å². The van der Waals surface area contributed by atoms with Crippen LogP contribution in [0, 0.1) is 6.92 Å². The number of β-lactam (4-membered cyclic amide) rings is 1. The lowest BCUT2D eigenvalue weighted by molar-refractivity contribution is -0.148. The van der Waals surface area contributed by atoms with Crippen LogP contribution in [-0.4, -0.2) is 70.7 Å². The first-order valence-corrected chi connectivity index (χ1v) is 11.3. The number of aromatic nitrogens is 4. The number of nitrogens with zero attached hydrogens (tertiary/aromatic N) is 5. The number of nitrogens with one attached hydrogen (secondary N) is 1. The molecule has 2 aliphatic rings. The van der Waals surface area contributed by atoms with Crippen LogP contribution in [0.25, 0.3) is 0 Å². The number of aryl methyl sites for hydroxylation is 2. The molecule has 13 heteroatoms. The van der Waals surface area contributed by atoms with Crippen molar-refractivity contribution < 1.29 is 19.5 Å². The SMILES string of the molecule is Cc1nnc(SCC2=C(C(=O)O)N3C(=O)[C@H](NC(=O)c4cnn(C)c4)[C@@H]3SC2)s1. The average Bonchev–Trinajstić information content (AvgIpc) is 3.31. The number of carboxylic acid groups (broad SMARTS) is 1. The van der Waals surface area contributed by atoms with E-state index in [2.05, 4.69) is 20.6 Å². The number of aliphatic carboxylic acids is 1. The molecule has 2 atom stereocenters. The van der Waals surface area contributed by atoms with Crippen molar-refractivity contribution in [3.8, 4) is 0 Å². The van der Waals surface area contributed by atoms with Crippen molar-refractivity contribution >= 4 is 52.6 Å². The van der Waals surface area contributed by atoms with Gasteiger partial charge in [-0.3, -0.25) is 19.2 Å². The van der Waals surface area contributed by atoms with Crippen LogP contribution in [0.3, 0.4) is 0 Å². The van der Waals surface area contributed by atoms with Gasteiger partial charge in [0.15, 0.2) is 4.34 Å². The lowest BCUT2D eigenvalue weighted by atomic mass is 10.0. The largest absolute Gasteiger partial charge is 0.477 e. The van der Waals surface area contributed by atoms with E-state index in [0.29, 0.717) is 22.6 Å². The van der Waals surface area contributed by atoms with Gasteiger partial charge in [0.2, 0.25) is 0 Å². The van der Waals surface area contributed by atoms with E-state index < -0.39 is 29.2 Å². The highest BCUT2D eigenvalue weighted by molar-refractivity contribution is 8.01. The Morgan fingerprint density at radius 1 is 1.41 bits per heavy atom. The summed E-state index contributed by atoms with van der Waals surface area (Å²) in [7, 11) is 1.69. The van der Waals surface area contributed by atoms with Crippen molar-refractivity contribution in [1.82, 2.24) is 30.2 Å². The van der Waals surface area contributed by atoms with Gasteiger partial charge in [-0.05, 0) is 12.5 Å². The number of carbonyl (C=O) groups excluding carboxylic acids is 2. The number of hydrogen-bond donors (Lipinski definition) is 2. The molecule has 0 radical (unpaired) electrons. The number of carbonyl (C=O) groups is 3. The minimum absolute atomic E-state index is 0.000589. The number of thioether (sulfide) groups is 2. The summed E-state index contributed by atoms with van der Waals surface area (Å²) in [4.78, 5) is 38.1. The average molecular weight is 453 g/mol. The van der Waals surface area contributed by atoms with Gasteiger partial charge < -0.3 is 10.4 Å². The molecule has 1 saturated heterocycles. The molecule has 4 rings (SSSR count). The van der Waals surface area contributed by atoms with Crippen LogP contribution in [0.5, 0.6) is 0 Å². The number of carboxylic acids is 1. The molecule has 1 fully saturated rings. The van der Waals surface area contributed by atoms with Crippen molar-refractivity contribution in [2.75, 3.05) is 11.5 Å². The summed E-state index contributed by atoms with van der Waals surface area (Å²) in [6.45, 7) is 1.85. The summed E-state index contributed by atoms with van der Waals surface area (Å²) in [6, 6.07) is -0.762. The molecule has 2 aromatic heterocycles. The Bertz CT molecular complexity index is 1030. The molecule has 0 saturated carbocycles. The lowest BCUT2D eigenvalue weighted by Crippen LogP contribution is -2.70. The predicted molar refractivity (Wildman–Crippen MR) is 108 cm³/mol. The minimum Gasteiger partial charge on any atom is -0.477 e.